The van der Waals surface area contributed by atoms with Crippen molar-refractivity contribution in [3.05, 3.63) is 65.2 Å². The van der Waals surface area contributed by atoms with Crippen molar-refractivity contribution in [2.45, 2.75) is 38.4 Å². The standard InChI is InChI=1S/C20H23N5OS/c1-4-17(16-11-9-14(2)10-12-16)21-19(26)13-27-20-22-23-24-25(20)18-8-6-5-7-15(18)3/h5-12,17H,4,13H2,1-3H3,(H,21,26)/t17-/m1/s1. The maximum absolute atomic E-state index is 12.5. The van der Waals surface area contributed by atoms with E-state index in [4.69, 9.17) is 0 Å². The lowest BCUT2D eigenvalue weighted by Crippen LogP contribution is -2.29. The number of hydrogen-bond donors (Lipinski definition) is 1. The fraction of sp³-hybridized carbons (Fsp3) is 0.300. The quantitative estimate of drug-likeness (QED) is 0.633. The first kappa shape index (κ1) is 19.1. The molecule has 7 heteroatoms. The highest BCUT2D eigenvalue weighted by molar-refractivity contribution is 7.99. The molecule has 0 spiro atoms. The molecule has 140 valence electrons. The van der Waals surface area contributed by atoms with Gasteiger partial charge in [-0.1, -0.05) is 66.7 Å². The lowest BCUT2D eigenvalue weighted by atomic mass is 10.0. The normalized spacial score (nSPS) is 12.0. The molecule has 0 fully saturated rings. The zero-order valence-electron chi connectivity index (χ0n) is 15.7. The highest BCUT2D eigenvalue weighted by Crippen LogP contribution is 2.21. The summed E-state index contributed by atoms with van der Waals surface area (Å²) in [4.78, 5) is 12.5. The molecular formula is C20H23N5OS. The van der Waals surface area contributed by atoms with Crippen LogP contribution in [0.4, 0.5) is 0 Å². The van der Waals surface area contributed by atoms with Gasteiger partial charge in [-0.3, -0.25) is 4.79 Å². The number of nitrogens with zero attached hydrogens (tertiary/aromatic N) is 4. The van der Waals surface area contributed by atoms with Crippen LogP contribution in [0.3, 0.4) is 0 Å². The maximum atomic E-state index is 12.5. The van der Waals surface area contributed by atoms with Crippen molar-refractivity contribution in [3.63, 3.8) is 0 Å². The third kappa shape index (κ3) is 4.74. The summed E-state index contributed by atoms with van der Waals surface area (Å²) in [7, 11) is 0. The Bertz CT molecular complexity index is 907. The number of aromatic nitrogens is 4. The Hall–Kier alpha value is -2.67. The van der Waals surface area contributed by atoms with Crippen LogP contribution in [0.5, 0.6) is 0 Å². The zero-order chi connectivity index (χ0) is 19.2. The summed E-state index contributed by atoms with van der Waals surface area (Å²) in [5, 5.41) is 15.6. The average molecular weight is 382 g/mol. The van der Waals surface area contributed by atoms with Crippen molar-refractivity contribution in [1.29, 1.82) is 0 Å². The number of nitrogens with one attached hydrogen (secondary N) is 1. The minimum atomic E-state index is -0.0354. The number of hydrogen-bond acceptors (Lipinski definition) is 5. The van der Waals surface area contributed by atoms with E-state index in [0.717, 1.165) is 23.2 Å². The van der Waals surface area contributed by atoms with E-state index in [2.05, 4.69) is 59.0 Å². The fourth-order valence-corrected chi connectivity index (χ4v) is 3.50. The fourth-order valence-electron chi connectivity index (χ4n) is 2.81. The molecular weight excluding hydrogens is 358 g/mol. The van der Waals surface area contributed by atoms with Crippen molar-refractivity contribution in [2.24, 2.45) is 0 Å². The van der Waals surface area contributed by atoms with E-state index in [-0.39, 0.29) is 17.7 Å². The number of thioether (sulfide) groups is 1. The van der Waals surface area contributed by atoms with Crippen molar-refractivity contribution in [1.82, 2.24) is 25.5 Å². The van der Waals surface area contributed by atoms with Crippen LogP contribution in [-0.4, -0.2) is 31.9 Å². The Kier molecular flexibility index (Phi) is 6.24. The first-order valence-corrected chi connectivity index (χ1v) is 9.90. The van der Waals surface area contributed by atoms with Gasteiger partial charge < -0.3 is 5.32 Å². The number of carbonyl (C=O) groups excluding carboxylic acids is 1. The second-order valence-electron chi connectivity index (χ2n) is 6.39. The number of carbonyl (C=O) groups is 1. The summed E-state index contributed by atoms with van der Waals surface area (Å²) in [6, 6.07) is 16.1. The van der Waals surface area contributed by atoms with Gasteiger partial charge in [0.15, 0.2) is 0 Å². The molecule has 3 aromatic rings. The molecule has 6 nitrogen and oxygen atoms in total. The molecule has 0 saturated heterocycles. The molecule has 3 rings (SSSR count). The predicted octanol–water partition coefficient (Wildman–Crippen LogP) is 3.64. The van der Waals surface area contributed by atoms with E-state index in [0.29, 0.717) is 5.16 Å². The largest absolute Gasteiger partial charge is 0.349 e. The molecule has 0 unspecified atom stereocenters. The molecule has 0 saturated carbocycles. The molecule has 0 aliphatic heterocycles. The van der Waals surface area contributed by atoms with Crippen LogP contribution in [0, 0.1) is 13.8 Å². The highest BCUT2D eigenvalue weighted by Gasteiger charge is 2.16. The molecule has 1 aromatic heterocycles. The van der Waals surface area contributed by atoms with E-state index in [9.17, 15) is 4.79 Å². The lowest BCUT2D eigenvalue weighted by Gasteiger charge is -2.17. The van der Waals surface area contributed by atoms with Gasteiger partial charge in [-0.15, -0.1) is 5.10 Å². The number of amides is 1. The summed E-state index contributed by atoms with van der Waals surface area (Å²) < 4.78 is 1.67. The van der Waals surface area contributed by atoms with E-state index in [1.54, 1.807) is 4.68 Å². The molecule has 1 heterocycles. The van der Waals surface area contributed by atoms with E-state index in [1.165, 1.54) is 17.3 Å². The topological polar surface area (TPSA) is 72.7 Å². The van der Waals surface area contributed by atoms with E-state index >= 15 is 0 Å². The van der Waals surface area contributed by atoms with Crippen LogP contribution in [0.25, 0.3) is 5.69 Å². The third-order valence-corrected chi connectivity index (χ3v) is 5.26. The van der Waals surface area contributed by atoms with Crippen LogP contribution < -0.4 is 5.32 Å². The second-order valence-corrected chi connectivity index (χ2v) is 7.33. The van der Waals surface area contributed by atoms with Gasteiger partial charge in [-0.05, 0) is 47.9 Å². The molecule has 1 N–H and O–H groups in total. The van der Waals surface area contributed by atoms with Crippen molar-refractivity contribution in [2.75, 3.05) is 5.75 Å². The van der Waals surface area contributed by atoms with Gasteiger partial charge >= 0.3 is 0 Å². The van der Waals surface area contributed by atoms with Gasteiger partial charge in [0.25, 0.3) is 0 Å². The van der Waals surface area contributed by atoms with Gasteiger partial charge in [0.1, 0.15) is 0 Å². The van der Waals surface area contributed by atoms with Crippen LogP contribution >= 0.6 is 11.8 Å². The number of benzene rings is 2. The first-order valence-electron chi connectivity index (χ1n) is 8.91. The minimum Gasteiger partial charge on any atom is -0.349 e. The molecule has 1 atom stereocenters. The summed E-state index contributed by atoms with van der Waals surface area (Å²) in [5.74, 6) is 0.223. The number of aryl methyl sites for hydroxylation is 2. The molecule has 2 aromatic carbocycles. The summed E-state index contributed by atoms with van der Waals surface area (Å²) >= 11 is 1.33. The monoisotopic (exact) mass is 381 g/mol. The van der Waals surface area contributed by atoms with E-state index in [1.807, 2.05) is 31.2 Å². The summed E-state index contributed by atoms with van der Waals surface area (Å²) in [5.41, 5.74) is 4.31. The van der Waals surface area contributed by atoms with Crippen LogP contribution in [0.1, 0.15) is 36.1 Å². The number of para-hydroxylation sites is 1. The minimum absolute atomic E-state index is 0.00561. The average Bonchev–Trinajstić information content (AvgIpc) is 3.14. The number of rotatable bonds is 7. The molecule has 0 aliphatic carbocycles. The molecule has 1 amide bonds. The second kappa shape index (κ2) is 8.81. The van der Waals surface area contributed by atoms with Crippen LogP contribution in [0.15, 0.2) is 53.7 Å². The zero-order valence-corrected chi connectivity index (χ0v) is 16.5. The Morgan fingerprint density at radius 1 is 1.15 bits per heavy atom. The molecule has 0 bridgehead atoms. The van der Waals surface area contributed by atoms with Crippen molar-refractivity contribution < 1.29 is 4.79 Å². The SMILES string of the molecule is CC[C@@H](NC(=O)CSc1nnnn1-c1ccccc1C)c1ccc(C)cc1. The molecule has 0 aliphatic rings. The summed E-state index contributed by atoms with van der Waals surface area (Å²) in [6.45, 7) is 6.13. The van der Waals surface area contributed by atoms with Gasteiger partial charge in [-0.25, -0.2) is 0 Å². The van der Waals surface area contributed by atoms with Gasteiger partial charge in [0, 0.05) is 0 Å². The van der Waals surface area contributed by atoms with Crippen LogP contribution in [-0.2, 0) is 4.79 Å². The third-order valence-electron chi connectivity index (χ3n) is 4.34. The maximum Gasteiger partial charge on any atom is 0.230 e. The Balaban J connectivity index is 1.64. The Labute approximate surface area is 163 Å². The lowest BCUT2D eigenvalue weighted by molar-refractivity contribution is -0.119. The first-order chi connectivity index (χ1) is 13.1. The van der Waals surface area contributed by atoms with Gasteiger partial charge in [-0.2, -0.15) is 4.68 Å². The van der Waals surface area contributed by atoms with Crippen molar-refractivity contribution in [3.8, 4) is 5.69 Å². The molecule has 0 radical (unpaired) electrons. The molecule has 27 heavy (non-hydrogen) atoms. The van der Waals surface area contributed by atoms with E-state index < -0.39 is 0 Å². The summed E-state index contributed by atoms with van der Waals surface area (Å²) in [6.07, 6.45) is 0.834. The predicted molar refractivity (Wildman–Crippen MR) is 107 cm³/mol. The number of tetrazole rings is 1. The van der Waals surface area contributed by atoms with Crippen molar-refractivity contribution >= 4 is 17.7 Å². The Morgan fingerprint density at radius 2 is 1.89 bits per heavy atom. The van der Waals surface area contributed by atoms with Gasteiger partial charge in [0.2, 0.25) is 11.1 Å². The Morgan fingerprint density at radius 3 is 2.59 bits per heavy atom. The smallest absolute Gasteiger partial charge is 0.230 e. The highest BCUT2D eigenvalue weighted by atomic mass is 32.2. The van der Waals surface area contributed by atoms with Gasteiger partial charge in [0.05, 0.1) is 17.5 Å². The van der Waals surface area contributed by atoms with Crippen LogP contribution in [0.2, 0.25) is 0 Å².